The minimum Gasteiger partial charge on any atom is -0.343 e. The van der Waals surface area contributed by atoms with Gasteiger partial charge in [0.25, 0.3) is 0 Å². The van der Waals surface area contributed by atoms with Crippen molar-refractivity contribution >= 4 is 39.1 Å². The number of thiophene rings is 1. The van der Waals surface area contributed by atoms with Crippen LogP contribution in [0, 0.1) is 5.92 Å². The van der Waals surface area contributed by atoms with Crippen molar-refractivity contribution < 1.29 is 9.59 Å². The van der Waals surface area contributed by atoms with Gasteiger partial charge in [0.05, 0.1) is 6.54 Å². The molecule has 6 heteroatoms. The predicted molar refractivity (Wildman–Crippen MR) is 78.8 cm³/mol. The number of halogens is 1. The number of carbonyl (C=O) groups is 2. The van der Waals surface area contributed by atoms with Gasteiger partial charge in [-0.1, -0.05) is 13.8 Å². The highest BCUT2D eigenvalue weighted by atomic mass is 79.9. The van der Waals surface area contributed by atoms with Crippen molar-refractivity contribution in [3.63, 3.8) is 0 Å². The highest BCUT2D eigenvalue weighted by molar-refractivity contribution is 9.10. The summed E-state index contributed by atoms with van der Waals surface area (Å²) in [4.78, 5) is 27.2. The molecule has 1 aromatic heterocycles. The number of nitrogens with zero attached hydrogens (tertiary/aromatic N) is 1. The van der Waals surface area contributed by atoms with E-state index in [2.05, 4.69) is 21.2 Å². The van der Waals surface area contributed by atoms with Crippen molar-refractivity contribution in [3.8, 4) is 0 Å². The summed E-state index contributed by atoms with van der Waals surface area (Å²) in [6.07, 6.45) is 0. The van der Waals surface area contributed by atoms with Crippen LogP contribution in [0.1, 0.15) is 25.6 Å². The van der Waals surface area contributed by atoms with Crippen molar-refractivity contribution in [2.45, 2.75) is 39.4 Å². The Hall–Kier alpha value is -0.880. The summed E-state index contributed by atoms with van der Waals surface area (Å²) in [6.45, 7) is 6.15. The SMILES string of the molecule is CC1NC(=O)C(C(C)C)N(Cc2cc(Br)cs2)C1=O. The molecule has 104 valence electrons. The third kappa shape index (κ3) is 3.00. The fraction of sp³-hybridized carbons (Fsp3) is 0.538. The lowest BCUT2D eigenvalue weighted by Crippen LogP contribution is -2.63. The summed E-state index contributed by atoms with van der Waals surface area (Å²) in [5.41, 5.74) is 0. The Morgan fingerprint density at radius 2 is 2.16 bits per heavy atom. The number of amides is 2. The first-order valence-corrected chi connectivity index (χ1v) is 7.91. The molecule has 19 heavy (non-hydrogen) atoms. The Labute approximate surface area is 125 Å². The maximum absolute atomic E-state index is 12.3. The fourth-order valence-electron chi connectivity index (χ4n) is 2.33. The quantitative estimate of drug-likeness (QED) is 0.915. The van der Waals surface area contributed by atoms with Gasteiger partial charge >= 0.3 is 0 Å². The summed E-state index contributed by atoms with van der Waals surface area (Å²) in [7, 11) is 0. The maximum Gasteiger partial charge on any atom is 0.245 e. The second kappa shape index (κ2) is 5.63. The molecular formula is C13H17BrN2O2S. The molecule has 2 heterocycles. The molecule has 2 unspecified atom stereocenters. The minimum atomic E-state index is -0.439. The number of rotatable bonds is 3. The predicted octanol–water partition coefficient (Wildman–Crippen LogP) is 2.38. The van der Waals surface area contributed by atoms with E-state index in [0.29, 0.717) is 6.54 Å². The van der Waals surface area contributed by atoms with Gasteiger partial charge in [0.2, 0.25) is 11.8 Å². The number of piperazine rings is 1. The smallest absolute Gasteiger partial charge is 0.245 e. The third-order valence-electron chi connectivity index (χ3n) is 3.20. The van der Waals surface area contributed by atoms with Crippen LogP contribution >= 0.6 is 27.3 Å². The van der Waals surface area contributed by atoms with Crippen LogP contribution in [0.2, 0.25) is 0 Å². The third-order valence-corrected chi connectivity index (χ3v) is 4.88. The van der Waals surface area contributed by atoms with Gasteiger partial charge in [0.15, 0.2) is 0 Å². The molecule has 0 aromatic carbocycles. The largest absolute Gasteiger partial charge is 0.343 e. The molecule has 1 aliphatic rings. The van der Waals surface area contributed by atoms with E-state index < -0.39 is 6.04 Å². The lowest BCUT2D eigenvalue weighted by Gasteiger charge is -2.39. The number of hydrogen-bond acceptors (Lipinski definition) is 3. The van der Waals surface area contributed by atoms with E-state index in [1.54, 1.807) is 23.2 Å². The van der Waals surface area contributed by atoms with Crippen molar-refractivity contribution in [3.05, 3.63) is 20.8 Å². The molecule has 2 atom stereocenters. The number of hydrogen-bond donors (Lipinski definition) is 1. The van der Waals surface area contributed by atoms with E-state index in [1.165, 1.54) is 0 Å². The van der Waals surface area contributed by atoms with Gasteiger partial charge in [-0.3, -0.25) is 9.59 Å². The molecule has 0 radical (unpaired) electrons. The Kier molecular flexibility index (Phi) is 4.30. The Balaban J connectivity index is 2.25. The number of nitrogens with one attached hydrogen (secondary N) is 1. The van der Waals surface area contributed by atoms with Gasteiger partial charge in [0.1, 0.15) is 12.1 Å². The van der Waals surface area contributed by atoms with Gasteiger partial charge in [0, 0.05) is 14.7 Å². The van der Waals surface area contributed by atoms with Crippen LogP contribution in [-0.4, -0.2) is 28.8 Å². The van der Waals surface area contributed by atoms with E-state index in [4.69, 9.17) is 0 Å². The van der Waals surface area contributed by atoms with Crippen LogP contribution in [0.3, 0.4) is 0 Å². The lowest BCUT2D eigenvalue weighted by atomic mass is 9.97. The first kappa shape index (κ1) is 14.5. The Morgan fingerprint density at radius 3 is 2.68 bits per heavy atom. The van der Waals surface area contributed by atoms with Crippen LogP contribution in [0.4, 0.5) is 0 Å². The first-order chi connectivity index (χ1) is 8.90. The fourth-order valence-corrected chi connectivity index (χ4v) is 3.78. The van der Waals surface area contributed by atoms with E-state index in [9.17, 15) is 9.59 Å². The van der Waals surface area contributed by atoms with Crippen molar-refractivity contribution in [1.29, 1.82) is 0 Å². The average Bonchev–Trinajstić information content (AvgIpc) is 2.71. The topological polar surface area (TPSA) is 49.4 Å². The van der Waals surface area contributed by atoms with Crippen molar-refractivity contribution in [1.82, 2.24) is 10.2 Å². The molecule has 1 N–H and O–H groups in total. The normalized spacial score (nSPS) is 23.9. The van der Waals surface area contributed by atoms with E-state index >= 15 is 0 Å². The van der Waals surface area contributed by atoms with Gasteiger partial charge < -0.3 is 10.2 Å². The molecule has 1 aromatic rings. The second-order valence-corrected chi connectivity index (χ2v) is 7.03. The zero-order chi connectivity index (χ0) is 14.2. The zero-order valence-corrected chi connectivity index (χ0v) is 13.5. The molecule has 1 saturated heterocycles. The zero-order valence-electron chi connectivity index (χ0n) is 11.1. The molecule has 1 aliphatic heterocycles. The summed E-state index contributed by atoms with van der Waals surface area (Å²) < 4.78 is 1.01. The van der Waals surface area contributed by atoms with Crippen LogP contribution in [0.25, 0.3) is 0 Å². The molecular weight excluding hydrogens is 328 g/mol. The number of carbonyl (C=O) groups excluding carboxylic acids is 2. The molecule has 0 saturated carbocycles. The molecule has 0 bridgehead atoms. The maximum atomic E-state index is 12.3. The average molecular weight is 345 g/mol. The molecule has 0 spiro atoms. The summed E-state index contributed by atoms with van der Waals surface area (Å²) in [5, 5.41) is 4.73. The standard InChI is InChI=1S/C13H17BrN2O2S/c1-7(2)11-12(17)15-8(3)13(18)16(11)5-10-4-9(14)6-19-10/h4,6-8,11H,5H2,1-3H3,(H,15,17). The van der Waals surface area contributed by atoms with Crippen LogP contribution in [-0.2, 0) is 16.1 Å². The van der Waals surface area contributed by atoms with E-state index in [0.717, 1.165) is 9.35 Å². The van der Waals surface area contributed by atoms with Crippen molar-refractivity contribution in [2.24, 2.45) is 5.92 Å². The van der Waals surface area contributed by atoms with Gasteiger partial charge in [-0.05, 0) is 34.8 Å². The van der Waals surface area contributed by atoms with E-state index in [1.807, 2.05) is 25.3 Å². The van der Waals surface area contributed by atoms with Crippen LogP contribution < -0.4 is 5.32 Å². The highest BCUT2D eigenvalue weighted by Crippen LogP contribution is 2.25. The molecule has 2 amide bonds. The van der Waals surface area contributed by atoms with Crippen LogP contribution in [0.5, 0.6) is 0 Å². The van der Waals surface area contributed by atoms with Crippen LogP contribution in [0.15, 0.2) is 15.9 Å². The Morgan fingerprint density at radius 1 is 1.47 bits per heavy atom. The first-order valence-electron chi connectivity index (χ1n) is 6.24. The monoisotopic (exact) mass is 344 g/mol. The lowest BCUT2D eigenvalue weighted by molar-refractivity contribution is -0.151. The second-order valence-electron chi connectivity index (χ2n) is 5.12. The van der Waals surface area contributed by atoms with Crippen molar-refractivity contribution in [2.75, 3.05) is 0 Å². The van der Waals surface area contributed by atoms with E-state index in [-0.39, 0.29) is 23.8 Å². The molecule has 4 nitrogen and oxygen atoms in total. The van der Waals surface area contributed by atoms with Gasteiger partial charge in [-0.25, -0.2) is 0 Å². The summed E-state index contributed by atoms with van der Waals surface area (Å²) in [6, 6.07) is 1.17. The highest BCUT2D eigenvalue weighted by Gasteiger charge is 2.40. The molecule has 1 fully saturated rings. The molecule has 2 rings (SSSR count). The summed E-state index contributed by atoms with van der Waals surface area (Å²) in [5.74, 6) is 0.0281. The minimum absolute atomic E-state index is 0.0113. The summed E-state index contributed by atoms with van der Waals surface area (Å²) >= 11 is 5.00. The van der Waals surface area contributed by atoms with Gasteiger partial charge in [-0.2, -0.15) is 0 Å². The molecule has 0 aliphatic carbocycles. The Bertz CT molecular complexity index is 501. The van der Waals surface area contributed by atoms with Gasteiger partial charge in [-0.15, -0.1) is 11.3 Å².